The number of nitrogens with zero attached hydrogens (tertiary/aromatic N) is 1. The molecule has 2 saturated carbocycles. The number of allylic oxidation sites excluding steroid dienone is 2. The Balaban J connectivity index is 1.44. The maximum atomic E-state index is 12.5. The number of imide groups is 1. The average Bonchev–Trinajstić information content (AvgIpc) is 3.20. The van der Waals surface area contributed by atoms with Gasteiger partial charge in [0.05, 0.1) is 11.8 Å². The number of hydrogen-bond donors (Lipinski definition) is 1. The fourth-order valence-corrected chi connectivity index (χ4v) is 4.92. The van der Waals surface area contributed by atoms with E-state index in [2.05, 4.69) is 17.5 Å². The highest BCUT2D eigenvalue weighted by atomic mass is 16.2. The largest absolute Gasteiger partial charge is 0.349 e. The lowest BCUT2D eigenvalue weighted by atomic mass is 9.85. The Bertz CT molecular complexity index is 546. The molecular formula is C17H22N2O3. The van der Waals surface area contributed by atoms with E-state index in [-0.39, 0.29) is 53.5 Å². The topological polar surface area (TPSA) is 66.5 Å². The van der Waals surface area contributed by atoms with E-state index in [1.807, 2.05) is 6.92 Å². The van der Waals surface area contributed by atoms with E-state index >= 15 is 0 Å². The summed E-state index contributed by atoms with van der Waals surface area (Å²) in [6.45, 7) is 1.93. The summed E-state index contributed by atoms with van der Waals surface area (Å²) in [5.74, 6) is -0.503. The molecule has 1 saturated heterocycles. The first-order chi connectivity index (χ1) is 10.5. The van der Waals surface area contributed by atoms with Crippen LogP contribution in [0.1, 0.15) is 39.0 Å². The van der Waals surface area contributed by atoms with Crippen LogP contribution in [0.25, 0.3) is 0 Å². The van der Waals surface area contributed by atoms with E-state index in [0.717, 1.165) is 32.1 Å². The van der Waals surface area contributed by atoms with Crippen LogP contribution in [0.3, 0.4) is 0 Å². The molecule has 4 unspecified atom stereocenters. The molecule has 1 aliphatic heterocycles. The van der Waals surface area contributed by atoms with Crippen molar-refractivity contribution in [1.82, 2.24) is 10.2 Å². The molecule has 3 aliphatic carbocycles. The van der Waals surface area contributed by atoms with Crippen LogP contribution in [-0.4, -0.2) is 34.7 Å². The molecule has 1 heterocycles. The summed E-state index contributed by atoms with van der Waals surface area (Å²) in [7, 11) is 0. The van der Waals surface area contributed by atoms with Gasteiger partial charge in [0.25, 0.3) is 0 Å². The van der Waals surface area contributed by atoms with Crippen LogP contribution in [0, 0.1) is 23.7 Å². The molecule has 0 radical (unpaired) electrons. The second-order valence-corrected chi connectivity index (χ2v) is 7.58. The molecule has 0 aromatic rings. The van der Waals surface area contributed by atoms with Gasteiger partial charge in [-0.1, -0.05) is 25.0 Å². The molecule has 4 rings (SSSR count). The zero-order valence-electron chi connectivity index (χ0n) is 12.9. The monoisotopic (exact) mass is 302 g/mol. The van der Waals surface area contributed by atoms with Gasteiger partial charge in [0.1, 0.15) is 6.54 Å². The van der Waals surface area contributed by atoms with Crippen LogP contribution in [0.5, 0.6) is 0 Å². The highest BCUT2D eigenvalue weighted by molar-refractivity contribution is 6.08. The second-order valence-electron chi connectivity index (χ2n) is 7.58. The van der Waals surface area contributed by atoms with Crippen molar-refractivity contribution in [2.75, 3.05) is 6.54 Å². The van der Waals surface area contributed by atoms with Crippen LogP contribution < -0.4 is 5.32 Å². The minimum absolute atomic E-state index is 0.111. The van der Waals surface area contributed by atoms with E-state index in [4.69, 9.17) is 0 Å². The molecule has 0 aromatic heterocycles. The third kappa shape index (κ3) is 1.94. The molecule has 2 bridgehead atoms. The minimum atomic E-state index is -0.211. The van der Waals surface area contributed by atoms with Crippen LogP contribution in [0.2, 0.25) is 0 Å². The van der Waals surface area contributed by atoms with E-state index in [1.54, 1.807) is 0 Å². The van der Waals surface area contributed by atoms with Crippen LogP contribution in [-0.2, 0) is 14.4 Å². The number of nitrogens with one attached hydrogen (secondary N) is 1. The molecule has 0 aromatic carbocycles. The summed E-state index contributed by atoms with van der Waals surface area (Å²) < 4.78 is 0. The van der Waals surface area contributed by atoms with E-state index in [0.29, 0.717) is 0 Å². The molecule has 3 amide bonds. The van der Waals surface area contributed by atoms with Crippen molar-refractivity contribution in [2.45, 2.75) is 44.6 Å². The zero-order valence-corrected chi connectivity index (χ0v) is 12.9. The SMILES string of the molecule is CC1(NC(=O)CN2C(=O)C3C4C=CC(C4)C3C2=O)CCCC1. The predicted octanol–water partition coefficient (Wildman–Crippen LogP) is 1.24. The summed E-state index contributed by atoms with van der Waals surface area (Å²) in [6, 6.07) is 0. The van der Waals surface area contributed by atoms with Crippen LogP contribution in [0.15, 0.2) is 12.2 Å². The van der Waals surface area contributed by atoms with Gasteiger partial charge in [-0.05, 0) is 38.0 Å². The van der Waals surface area contributed by atoms with Gasteiger partial charge in [-0.15, -0.1) is 0 Å². The highest BCUT2D eigenvalue weighted by Crippen LogP contribution is 2.52. The van der Waals surface area contributed by atoms with Gasteiger partial charge in [0.2, 0.25) is 17.7 Å². The van der Waals surface area contributed by atoms with Gasteiger partial charge < -0.3 is 5.32 Å². The van der Waals surface area contributed by atoms with Crippen molar-refractivity contribution >= 4 is 17.7 Å². The first-order valence-corrected chi connectivity index (χ1v) is 8.33. The number of carbonyl (C=O) groups is 3. The normalized spacial score (nSPS) is 38.0. The molecule has 1 N–H and O–H groups in total. The number of rotatable bonds is 3. The standard InChI is InChI=1S/C17H22N2O3/c1-17(6-2-3-7-17)18-12(20)9-19-15(21)13-10-4-5-11(8-10)14(13)16(19)22/h4-5,10-11,13-14H,2-3,6-9H2,1H3,(H,18,20). The number of hydrogen-bond acceptors (Lipinski definition) is 3. The molecular weight excluding hydrogens is 280 g/mol. The maximum absolute atomic E-state index is 12.5. The maximum Gasteiger partial charge on any atom is 0.240 e. The van der Waals surface area contributed by atoms with Gasteiger partial charge >= 0.3 is 0 Å². The Kier molecular flexibility index (Phi) is 2.97. The van der Waals surface area contributed by atoms with Gasteiger partial charge in [-0.2, -0.15) is 0 Å². The number of likely N-dealkylation sites (tertiary alicyclic amines) is 1. The molecule has 118 valence electrons. The molecule has 22 heavy (non-hydrogen) atoms. The van der Waals surface area contributed by atoms with Gasteiger partial charge in [-0.25, -0.2) is 0 Å². The summed E-state index contributed by atoms with van der Waals surface area (Å²) in [5.41, 5.74) is -0.167. The summed E-state index contributed by atoms with van der Waals surface area (Å²) in [6.07, 6.45) is 9.25. The average molecular weight is 302 g/mol. The van der Waals surface area contributed by atoms with E-state index in [9.17, 15) is 14.4 Å². The fourth-order valence-electron chi connectivity index (χ4n) is 4.92. The lowest BCUT2D eigenvalue weighted by molar-refractivity contribution is -0.144. The minimum Gasteiger partial charge on any atom is -0.349 e. The van der Waals surface area contributed by atoms with Gasteiger partial charge in [0, 0.05) is 5.54 Å². The lowest BCUT2D eigenvalue weighted by Gasteiger charge is -2.26. The molecule has 4 atom stereocenters. The smallest absolute Gasteiger partial charge is 0.240 e. The molecule has 5 nitrogen and oxygen atoms in total. The number of fused-ring (bicyclic) bond motifs is 5. The van der Waals surface area contributed by atoms with Crippen molar-refractivity contribution in [2.24, 2.45) is 23.7 Å². The summed E-state index contributed by atoms with van der Waals surface area (Å²) >= 11 is 0. The quantitative estimate of drug-likeness (QED) is 0.630. The summed E-state index contributed by atoms with van der Waals surface area (Å²) in [5, 5.41) is 3.03. The van der Waals surface area contributed by atoms with Crippen molar-refractivity contribution in [3.8, 4) is 0 Å². The number of carbonyl (C=O) groups excluding carboxylic acids is 3. The lowest BCUT2D eigenvalue weighted by Crippen LogP contribution is -2.49. The van der Waals surface area contributed by atoms with E-state index < -0.39 is 0 Å². The Morgan fingerprint density at radius 1 is 1.18 bits per heavy atom. The first kappa shape index (κ1) is 14.0. The Hall–Kier alpha value is -1.65. The predicted molar refractivity (Wildman–Crippen MR) is 79.5 cm³/mol. The van der Waals surface area contributed by atoms with Crippen LogP contribution >= 0.6 is 0 Å². The van der Waals surface area contributed by atoms with Crippen molar-refractivity contribution in [3.05, 3.63) is 12.2 Å². The Labute approximate surface area is 130 Å². The molecule has 0 spiro atoms. The fraction of sp³-hybridized carbons (Fsp3) is 0.706. The number of amides is 3. The van der Waals surface area contributed by atoms with E-state index in [1.165, 1.54) is 4.90 Å². The Morgan fingerprint density at radius 3 is 2.27 bits per heavy atom. The van der Waals surface area contributed by atoms with Gasteiger partial charge in [-0.3, -0.25) is 19.3 Å². The van der Waals surface area contributed by atoms with Crippen LogP contribution in [0.4, 0.5) is 0 Å². The van der Waals surface area contributed by atoms with Crippen molar-refractivity contribution in [3.63, 3.8) is 0 Å². The van der Waals surface area contributed by atoms with Crippen molar-refractivity contribution in [1.29, 1.82) is 0 Å². The third-order valence-corrected chi connectivity index (χ3v) is 6.01. The first-order valence-electron chi connectivity index (χ1n) is 8.33. The zero-order chi connectivity index (χ0) is 15.5. The molecule has 5 heteroatoms. The second kappa shape index (κ2) is 4.67. The molecule has 4 aliphatic rings. The van der Waals surface area contributed by atoms with Gasteiger partial charge in [0.15, 0.2) is 0 Å². The summed E-state index contributed by atoms with van der Waals surface area (Å²) in [4.78, 5) is 38.5. The highest BCUT2D eigenvalue weighted by Gasteiger charge is 2.59. The van der Waals surface area contributed by atoms with Crippen molar-refractivity contribution < 1.29 is 14.4 Å². The third-order valence-electron chi connectivity index (χ3n) is 6.01. The Morgan fingerprint density at radius 2 is 1.73 bits per heavy atom. The molecule has 3 fully saturated rings.